The van der Waals surface area contributed by atoms with E-state index in [1.807, 2.05) is 64.1 Å². The summed E-state index contributed by atoms with van der Waals surface area (Å²) < 4.78 is 11.1. The van der Waals surface area contributed by atoms with Crippen LogP contribution in [0.4, 0.5) is 0 Å². The van der Waals surface area contributed by atoms with Crippen molar-refractivity contribution in [2.45, 2.75) is 39.8 Å². The molecule has 0 radical (unpaired) electrons. The molecule has 3 rings (SSSR count). The zero-order valence-electron chi connectivity index (χ0n) is 18.6. The first kappa shape index (κ1) is 22.6. The number of ketones is 1. The molecule has 1 amide bonds. The molecule has 0 bridgehead atoms. The van der Waals surface area contributed by atoms with Crippen molar-refractivity contribution in [1.29, 1.82) is 0 Å². The number of benzene rings is 2. The molecule has 1 aliphatic rings. The Kier molecular flexibility index (Phi) is 6.81. The summed E-state index contributed by atoms with van der Waals surface area (Å²) in [5.41, 5.74) is 3.00. The topological polar surface area (TPSA) is 76.1 Å². The van der Waals surface area contributed by atoms with Gasteiger partial charge in [-0.25, -0.2) is 0 Å². The number of carbonyl (C=O) groups excluding carboxylic acids is 2. The van der Waals surface area contributed by atoms with E-state index in [2.05, 4.69) is 0 Å². The van der Waals surface area contributed by atoms with Crippen LogP contribution in [0.25, 0.3) is 5.76 Å². The molecule has 6 heteroatoms. The molecule has 1 unspecified atom stereocenters. The van der Waals surface area contributed by atoms with Crippen LogP contribution in [-0.4, -0.2) is 48.1 Å². The third-order valence-corrected chi connectivity index (χ3v) is 5.41. The van der Waals surface area contributed by atoms with Crippen molar-refractivity contribution >= 4 is 17.4 Å². The first-order chi connectivity index (χ1) is 14.8. The normalized spacial score (nSPS) is 18.1. The number of aliphatic hydroxyl groups is 1. The first-order valence-corrected chi connectivity index (χ1v) is 10.4. The second-order valence-corrected chi connectivity index (χ2v) is 7.97. The number of methoxy groups -OCH3 is 1. The van der Waals surface area contributed by atoms with Gasteiger partial charge in [-0.2, -0.15) is 0 Å². The van der Waals surface area contributed by atoms with Crippen LogP contribution in [0.1, 0.15) is 42.1 Å². The summed E-state index contributed by atoms with van der Waals surface area (Å²) in [5.74, 6) is -1.01. The fraction of sp³-hybridized carbons (Fsp3) is 0.360. The highest BCUT2D eigenvalue weighted by Crippen LogP contribution is 2.42. The summed E-state index contributed by atoms with van der Waals surface area (Å²) in [6.45, 7) is 8.09. The van der Waals surface area contributed by atoms with Crippen molar-refractivity contribution in [3.63, 3.8) is 0 Å². The summed E-state index contributed by atoms with van der Waals surface area (Å²) in [4.78, 5) is 27.6. The molecule has 1 saturated heterocycles. The third-order valence-electron chi connectivity index (χ3n) is 5.41. The third kappa shape index (κ3) is 4.49. The van der Waals surface area contributed by atoms with E-state index in [1.54, 1.807) is 6.07 Å². The van der Waals surface area contributed by atoms with E-state index in [4.69, 9.17) is 9.47 Å². The molecule has 1 atom stereocenters. The molecule has 1 N–H and O–H groups in total. The predicted molar refractivity (Wildman–Crippen MR) is 119 cm³/mol. The lowest BCUT2D eigenvalue weighted by atomic mass is 9.93. The van der Waals surface area contributed by atoms with Crippen molar-refractivity contribution in [3.05, 3.63) is 70.3 Å². The second kappa shape index (κ2) is 9.35. The summed E-state index contributed by atoms with van der Waals surface area (Å²) in [6, 6.07) is 12.1. The monoisotopic (exact) mass is 423 g/mol. The molecule has 0 aromatic heterocycles. The van der Waals surface area contributed by atoms with Crippen LogP contribution >= 0.6 is 0 Å². The molecule has 0 aliphatic carbocycles. The maximum absolute atomic E-state index is 13.1. The van der Waals surface area contributed by atoms with Gasteiger partial charge in [-0.3, -0.25) is 9.59 Å². The smallest absolute Gasteiger partial charge is 0.295 e. The number of hydrogen-bond donors (Lipinski definition) is 1. The van der Waals surface area contributed by atoms with Gasteiger partial charge in [0.1, 0.15) is 11.5 Å². The Labute approximate surface area is 183 Å². The number of rotatable bonds is 7. The Balaban J connectivity index is 2.19. The minimum atomic E-state index is -0.771. The lowest BCUT2D eigenvalue weighted by Gasteiger charge is -2.27. The van der Waals surface area contributed by atoms with E-state index in [1.165, 1.54) is 12.0 Å². The number of likely N-dealkylation sites (tertiary alicyclic amines) is 1. The minimum Gasteiger partial charge on any atom is -0.507 e. The van der Waals surface area contributed by atoms with E-state index >= 15 is 0 Å². The van der Waals surface area contributed by atoms with Crippen molar-refractivity contribution in [3.8, 4) is 5.75 Å². The van der Waals surface area contributed by atoms with Gasteiger partial charge in [0.15, 0.2) is 0 Å². The Morgan fingerprint density at radius 2 is 1.84 bits per heavy atom. The summed E-state index contributed by atoms with van der Waals surface area (Å²) in [7, 11) is 1.54. The van der Waals surface area contributed by atoms with Crippen LogP contribution in [0.2, 0.25) is 0 Å². The number of ether oxygens (including phenoxy) is 2. The number of carbonyl (C=O) groups is 2. The number of amides is 1. The Morgan fingerprint density at radius 3 is 2.52 bits per heavy atom. The van der Waals surface area contributed by atoms with E-state index in [-0.39, 0.29) is 30.6 Å². The molecule has 0 saturated carbocycles. The van der Waals surface area contributed by atoms with E-state index in [9.17, 15) is 14.7 Å². The minimum absolute atomic E-state index is 0.00326. The molecule has 0 spiro atoms. The quantitative estimate of drug-likeness (QED) is 0.411. The van der Waals surface area contributed by atoms with Crippen molar-refractivity contribution < 1.29 is 24.2 Å². The van der Waals surface area contributed by atoms with Gasteiger partial charge in [-0.1, -0.05) is 35.9 Å². The highest BCUT2D eigenvalue weighted by atomic mass is 16.5. The number of hydrogen-bond acceptors (Lipinski definition) is 5. The lowest BCUT2D eigenvalue weighted by Crippen LogP contribution is -2.33. The molecular weight excluding hydrogens is 394 g/mol. The average molecular weight is 424 g/mol. The molecule has 1 fully saturated rings. The fourth-order valence-electron chi connectivity index (χ4n) is 3.85. The Bertz CT molecular complexity index is 1020. The van der Waals surface area contributed by atoms with Crippen LogP contribution in [0.3, 0.4) is 0 Å². The van der Waals surface area contributed by atoms with Gasteiger partial charge in [0, 0.05) is 17.7 Å². The van der Waals surface area contributed by atoms with Gasteiger partial charge in [0.25, 0.3) is 11.7 Å². The van der Waals surface area contributed by atoms with Gasteiger partial charge in [-0.05, 0) is 45.4 Å². The Hall–Kier alpha value is -3.12. The average Bonchev–Trinajstić information content (AvgIpc) is 2.99. The molecule has 2 aromatic carbocycles. The zero-order valence-corrected chi connectivity index (χ0v) is 18.6. The number of nitrogens with zero attached hydrogens (tertiary/aromatic N) is 1. The number of aliphatic hydroxyl groups excluding tert-OH is 1. The predicted octanol–water partition coefficient (Wildman–Crippen LogP) is 4.16. The number of aryl methyl sites for hydroxylation is 2. The second-order valence-electron chi connectivity index (χ2n) is 7.97. The first-order valence-electron chi connectivity index (χ1n) is 10.4. The van der Waals surface area contributed by atoms with Gasteiger partial charge in [0.05, 0.1) is 31.4 Å². The van der Waals surface area contributed by atoms with Crippen LogP contribution in [-0.2, 0) is 14.3 Å². The molecule has 1 aliphatic heterocycles. The molecule has 6 nitrogen and oxygen atoms in total. The summed E-state index contributed by atoms with van der Waals surface area (Å²) in [6.07, 6.45) is -0.00326. The summed E-state index contributed by atoms with van der Waals surface area (Å²) in [5, 5.41) is 11.2. The highest BCUT2D eigenvalue weighted by Gasteiger charge is 2.47. The molecule has 2 aromatic rings. The van der Waals surface area contributed by atoms with Crippen molar-refractivity contribution in [2.75, 3.05) is 20.3 Å². The number of Topliss-reactive ketones (excluding diaryl/α,β-unsaturated/α-hetero) is 1. The SMILES string of the molecule is COc1ccccc1C1/C(=C(\O)c2cc(C)ccc2C)C(=O)C(=O)N1CCOC(C)C. The zero-order chi connectivity index (χ0) is 22.7. The lowest BCUT2D eigenvalue weighted by molar-refractivity contribution is -0.140. The van der Waals surface area contributed by atoms with Gasteiger partial charge >= 0.3 is 0 Å². The van der Waals surface area contributed by atoms with Crippen LogP contribution in [0, 0.1) is 13.8 Å². The van der Waals surface area contributed by atoms with E-state index in [0.717, 1.165) is 11.1 Å². The molecular formula is C25H29NO5. The maximum Gasteiger partial charge on any atom is 0.295 e. The van der Waals surface area contributed by atoms with Gasteiger partial charge in [-0.15, -0.1) is 0 Å². The van der Waals surface area contributed by atoms with Crippen molar-refractivity contribution in [2.24, 2.45) is 0 Å². The Morgan fingerprint density at radius 1 is 1.13 bits per heavy atom. The van der Waals surface area contributed by atoms with E-state index in [0.29, 0.717) is 16.9 Å². The fourth-order valence-corrected chi connectivity index (χ4v) is 3.85. The van der Waals surface area contributed by atoms with Gasteiger partial charge < -0.3 is 19.5 Å². The molecule has 31 heavy (non-hydrogen) atoms. The van der Waals surface area contributed by atoms with Crippen LogP contribution in [0.15, 0.2) is 48.0 Å². The summed E-state index contributed by atoms with van der Waals surface area (Å²) >= 11 is 0. The maximum atomic E-state index is 13.1. The standard InChI is InChI=1S/C25H29NO5/c1-15(2)31-13-12-26-22(18-8-6-7-9-20(18)30-5)21(24(28)25(26)29)23(27)19-14-16(3)10-11-17(19)4/h6-11,14-15,22,27H,12-13H2,1-5H3/b23-21+. The largest absolute Gasteiger partial charge is 0.507 e. The van der Waals surface area contributed by atoms with Gasteiger partial charge in [0.2, 0.25) is 0 Å². The van der Waals surface area contributed by atoms with E-state index < -0.39 is 17.7 Å². The molecule has 164 valence electrons. The van der Waals surface area contributed by atoms with Crippen LogP contribution in [0.5, 0.6) is 5.75 Å². The molecule has 1 heterocycles. The van der Waals surface area contributed by atoms with Crippen LogP contribution < -0.4 is 4.74 Å². The number of para-hydroxylation sites is 1. The highest BCUT2D eigenvalue weighted by molar-refractivity contribution is 6.46. The van der Waals surface area contributed by atoms with Crippen molar-refractivity contribution in [1.82, 2.24) is 4.90 Å².